The summed E-state index contributed by atoms with van der Waals surface area (Å²) in [6.07, 6.45) is 1.20. The van der Waals surface area contributed by atoms with Crippen LogP contribution in [0.1, 0.15) is 31.4 Å². The lowest BCUT2D eigenvalue weighted by atomic mass is 9.91. The first kappa shape index (κ1) is 16.6. The fourth-order valence-corrected chi connectivity index (χ4v) is 2.32. The first-order valence-corrected chi connectivity index (χ1v) is 6.80. The fraction of sp³-hybridized carbons (Fsp3) is 0.600. The molecule has 0 heterocycles. The highest BCUT2D eigenvalue weighted by molar-refractivity contribution is 5.54. The van der Waals surface area contributed by atoms with Crippen molar-refractivity contribution < 1.29 is 19.3 Å². The molecule has 1 aromatic rings. The van der Waals surface area contributed by atoms with Crippen LogP contribution in [0.2, 0.25) is 0 Å². The van der Waals surface area contributed by atoms with E-state index in [4.69, 9.17) is 19.9 Å². The van der Waals surface area contributed by atoms with Gasteiger partial charge in [-0.05, 0) is 30.7 Å². The van der Waals surface area contributed by atoms with Crippen LogP contribution < -0.4 is 19.9 Å². The van der Waals surface area contributed by atoms with Crippen molar-refractivity contribution in [3.05, 3.63) is 17.7 Å². The Bertz CT molecular complexity index is 397. The van der Waals surface area contributed by atoms with Crippen molar-refractivity contribution in [1.29, 1.82) is 0 Å². The van der Waals surface area contributed by atoms with Gasteiger partial charge in [0.15, 0.2) is 11.5 Å². The Hall–Kier alpha value is -1.46. The molecule has 0 aliphatic heterocycles. The average molecular weight is 283 g/mol. The molecule has 3 N–H and O–H groups in total. The van der Waals surface area contributed by atoms with Gasteiger partial charge in [-0.1, -0.05) is 13.3 Å². The van der Waals surface area contributed by atoms with Gasteiger partial charge in [-0.15, -0.1) is 0 Å². The van der Waals surface area contributed by atoms with Crippen LogP contribution in [0.5, 0.6) is 17.2 Å². The smallest absolute Gasteiger partial charge is 0.203 e. The molecule has 0 amide bonds. The third-order valence-corrected chi connectivity index (χ3v) is 3.44. The van der Waals surface area contributed by atoms with Crippen LogP contribution in [0, 0.1) is 5.92 Å². The zero-order valence-electron chi connectivity index (χ0n) is 12.7. The first-order valence-electron chi connectivity index (χ1n) is 6.80. The number of methoxy groups -OCH3 is 3. The lowest BCUT2D eigenvalue weighted by Gasteiger charge is -2.23. The number of hydrogen-bond acceptors (Lipinski definition) is 5. The normalized spacial score (nSPS) is 13.7. The highest BCUT2D eigenvalue weighted by Gasteiger charge is 2.22. The number of aliphatic hydroxyl groups excluding tert-OH is 1. The van der Waals surface area contributed by atoms with Crippen molar-refractivity contribution in [2.45, 2.75) is 25.9 Å². The van der Waals surface area contributed by atoms with Crippen molar-refractivity contribution >= 4 is 0 Å². The largest absolute Gasteiger partial charge is 0.493 e. The van der Waals surface area contributed by atoms with Crippen molar-refractivity contribution in [1.82, 2.24) is 0 Å². The Kier molecular flexibility index (Phi) is 6.61. The molecule has 0 radical (unpaired) electrons. The van der Waals surface area contributed by atoms with Gasteiger partial charge in [-0.3, -0.25) is 0 Å². The molecular formula is C15H25NO4. The zero-order valence-corrected chi connectivity index (χ0v) is 12.7. The van der Waals surface area contributed by atoms with Crippen molar-refractivity contribution in [2.75, 3.05) is 27.9 Å². The molecule has 114 valence electrons. The van der Waals surface area contributed by atoms with Gasteiger partial charge in [-0.25, -0.2) is 0 Å². The van der Waals surface area contributed by atoms with E-state index >= 15 is 0 Å². The highest BCUT2D eigenvalue weighted by atomic mass is 16.5. The third-order valence-electron chi connectivity index (χ3n) is 3.44. The van der Waals surface area contributed by atoms with E-state index in [-0.39, 0.29) is 5.92 Å². The van der Waals surface area contributed by atoms with Crippen molar-refractivity contribution in [3.63, 3.8) is 0 Å². The number of ether oxygens (including phenoxy) is 3. The maximum absolute atomic E-state index is 10.5. The average Bonchev–Trinajstić information content (AvgIpc) is 2.50. The van der Waals surface area contributed by atoms with E-state index < -0.39 is 6.10 Å². The molecule has 5 heteroatoms. The van der Waals surface area contributed by atoms with Crippen molar-refractivity contribution in [3.8, 4) is 17.2 Å². The lowest BCUT2D eigenvalue weighted by molar-refractivity contribution is 0.106. The molecule has 5 nitrogen and oxygen atoms in total. The minimum atomic E-state index is -0.645. The number of hydrogen-bond donors (Lipinski definition) is 2. The molecule has 2 atom stereocenters. The Morgan fingerprint density at radius 1 is 1.10 bits per heavy atom. The van der Waals surface area contributed by atoms with E-state index in [2.05, 4.69) is 6.92 Å². The van der Waals surface area contributed by atoms with E-state index in [1.165, 1.54) is 0 Å². The van der Waals surface area contributed by atoms with E-state index in [1.54, 1.807) is 33.5 Å². The summed E-state index contributed by atoms with van der Waals surface area (Å²) in [6, 6.07) is 3.54. The SMILES string of the molecule is CCCC(CN)C(O)c1cc(OC)c(OC)c(OC)c1. The molecule has 0 saturated heterocycles. The topological polar surface area (TPSA) is 73.9 Å². The molecule has 1 aromatic carbocycles. The molecule has 2 unspecified atom stereocenters. The summed E-state index contributed by atoms with van der Waals surface area (Å²) in [5, 5.41) is 10.5. The number of aliphatic hydroxyl groups is 1. The summed E-state index contributed by atoms with van der Waals surface area (Å²) in [6.45, 7) is 2.51. The molecule has 20 heavy (non-hydrogen) atoms. The summed E-state index contributed by atoms with van der Waals surface area (Å²) in [5.41, 5.74) is 6.47. The Balaban J connectivity index is 3.17. The highest BCUT2D eigenvalue weighted by Crippen LogP contribution is 2.41. The number of rotatable bonds is 8. The molecule has 0 saturated carbocycles. The van der Waals surface area contributed by atoms with Gasteiger partial charge >= 0.3 is 0 Å². The monoisotopic (exact) mass is 283 g/mol. The second-order valence-electron chi connectivity index (χ2n) is 4.69. The number of nitrogens with two attached hydrogens (primary N) is 1. The van der Waals surface area contributed by atoms with Gasteiger partial charge in [-0.2, -0.15) is 0 Å². The van der Waals surface area contributed by atoms with Gasteiger partial charge in [0.25, 0.3) is 0 Å². The Morgan fingerprint density at radius 2 is 1.65 bits per heavy atom. The van der Waals surface area contributed by atoms with Crippen LogP contribution >= 0.6 is 0 Å². The van der Waals surface area contributed by atoms with E-state index in [0.717, 1.165) is 18.4 Å². The van der Waals surface area contributed by atoms with E-state index in [0.29, 0.717) is 23.8 Å². The molecule has 0 spiro atoms. The van der Waals surface area contributed by atoms with E-state index in [1.807, 2.05) is 0 Å². The second kappa shape index (κ2) is 7.97. The predicted molar refractivity (Wildman–Crippen MR) is 78.5 cm³/mol. The molecule has 0 bridgehead atoms. The molecule has 0 aliphatic rings. The molecule has 0 fully saturated rings. The van der Waals surface area contributed by atoms with Crippen LogP contribution in [-0.2, 0) is 0 Å². The second-order valence-corrected chi connectivity index (χ2v) is 4.69. The molecule has 0 aliphatic carbocycles. The quantitative estimate of drug-likeness (QED) is 0.764. The first-order chi connectivity index (χ1) is 9.62. The maximum atomic E-state index is 10.5. The minimum Gasteiger partial charge on any atom is -0.493 e. The van der Waals surface area contributed by atoms with Gasteiger partial charge in [0, 0.05) is 5.92 Å². The molecule has 0 aromatic heterocycles. The minimum absolute atomic E-state index is 0.0165. The summed E-state index contributed by atoms with van der Waals surface area (Å²) in [7, 11) is 4.66. The third kappa shape index (κ3) is 3.55. The summed E-state index contributed by atoms with van der Waals surface area (Å²) >= 11 is 0. The van der Waals surface area contributed by atoms with Crippen LogP contribution in [0.3, 0.4) is 0 Å². The maximum Gasteiger partial charge on any atom is 0.203 e. The van der Waals surface area contributed by atoms with E-state index in [9.17, 15) is 5.11 Å². The van der Waals surface area contributed by atoms with Gasteiger partial charge in [0.1, 0.15) is 0 Å². The van der Waals surface area contributed by atoms with Crippen molar-refractivity contribution in [2.24, 2.45) is 11.7 Å². The predicted octanol–water partition coefficient (Wildman–Crippen LogP) is 2.12. The molecule has 1 rings (SSSR count). The fourth-order valence-electron chi connectivity index (χ4n) is 2.32. The van der Waals surface area contributed by atoms with Crippen LogP contribution in [0.4, 0.5) is 0 Å². The molecular weight excluding hydrogens is 258 g/mol. The summed E-state index contributed by atoms with van der Waals surface area (Å²) < 4.78 is 15.9. The van der Waals surface area contributed by atoms with Gasteiger partial charge < -0.3 is 25.1 Å². The van der Waals surface area contributed by atoms with Crippen LogP contribution in [0.25, 0.3) is 0 Å². The summed E-state index contributed by atoms with van der Waals surface area (Å²) in [4.78, 5) is 0. The Morgan fingerprint density at radius 3 is 2.00 bits per heavy atom. The van der Waals surface area contributed by atoms with Crippen LogP contribution in [-0.4, -0.2) is 33.0 Å². The van der Waals surface area contributed by atoms with Gasteiger partial charge in [0.05, 0.1) is 27.4 Å². The lowest BCUT2D eigenvalue weighted by Crippen LogP contribution is -2.22. The van der Waals surface area contributed by atoms with Crippen LogP contribution in [0.15, 0.2) is 12.1 Å². The zero-order chi connectivity index (χ0) is 15.1. The Labute approximate surface area is 120 Å². The summed E-state index contributed by atoms with van der Waals surface area (Å²) in [5.74, 6) is 1.61. The standard InChI is InChI=1S/C15H25NO4/c1-5-6-10(9-16)14(17)11-7-12(18-2)15(20-4)13(8-11)19-3/h7-8,10,14,17H,5-6,9,16H2,1-4H3. The van der Waals surface area contributed by atoms with Gasteiger partial charge in [0.2, 0.25) is 5.75 Å². The number of benzene rings is 1.